The molecule has 3 rings (SSSR count). The second kappa shape index (κ2) is 4.97. The molecule has 0 saturated heterocycles. The molecular weight excluding hydrogens is 303 g/mol. The topological polar surface area (TPSA) is 25.8 Å². The van der Waals surface area contributed by atoms with Crippen molar-refractivity contribution in [1.82, 2.24) is 9.97 Å². The molecule has 19 heavy (non-hydrogen) atoms. The Morgan fingerprint density at radius 1 is 0.789 bits per heavy atom. The molecule has 5 heteroatoms. The fourth-order valence-electron chi connectivity index (χ4n) is 1.82. The third-order valence-corrected chi connectivity index (χ3v) is 3.45. The van der Waals surface area contributed by atoms with Crippen molar-refractivity contribution in [2.75, 3.05) is 0 Å². The maximum Gasteiger partial charge on any atom is 0.161 e. The van der Waals surface area contributed by atoms with Gasteiger partial charge in [-0.1, -0.05) is 46.9 Å². The summed E-state index contributed by atoms with van der Waals surface area (Å²) in [5.41, 5.74) is 1.57. The number of hydrogen-bond acceptors (Lipinski definition) is 2. The average Bonchev–Trinajstić information content (AvgIpc) is 2.39. The lowest BCUT2D eigenvalue weighted by Gasteiger charge is -2.05. The first-order valence-corrected chi connectivity index (χ1v) is 6.65. The van der Waals surface area contributed by atoms with Crippen molar-refractivity contribution in [3.63, 3.8) is 0 Å². The van der Waals surface area contributed by atoms with Gasteiger partial charge in [-0.2, -0.15) is 0 Å². The molecule has 0 spiro atoms. The van der Waals surface area contributed by atoms with Crippen molar-refractivity contribution in [3.8, 4) is 11.4 Å². The Labute approximate surface area is 125 Å². The molecule has 0 saturated carbocycles. The van der Waals surface area contributed by atoms with E-state index >= 15 is 0 Å². The molecule has 0 radical (unpaired) electrons. The predicted octanol–water partition coefficient (Wildman–Crippen LogP) is 5.26. The van der Waals surface area contributed by atoms with Gasteiger partial charge in [0.1, 0.15) is 5.15 Å². The Hall–Kier alpha value is -1.35. The highest BCUT2D eigenvalue weighted by Crippen LogP contribution is 2.27. The van der Waals surface area contributed by atoms with Crippen LogP contribution in [0.2, 0.25) is 15.2 Å². The highest BCUT2D eigenvalue weighted by atomic mass is 35.5. The van der Waals surface area contributed by atoms with Crippen LogP contribution in [-0.2, 0) is 0 Å². The number of benzene rings is 2. The van der Waals surface area contributed by atoms with Crippen LogP contribution in [0.4, 0.5) is 0 Å². The highest BCUT2D eigenvalue weighted by molar-refractivity contribution is 6.35. The van der Waals surface area contributed by atoms with Gasteiger partial charge in [-0.05, 0) is 30.3 Å². The SMILES string of the molecule is Clc1cccc(-c2nc(Cl)c3cc(Cl)ccc3n2)c1. The van der Waals surface area contributed by atoms with Crippen molar-refractivity contribution < 1.29 is 0 Å². The van der Waals surface area contributed by atoms with E-state index in [4.69, 9.17) is 34.8 Å². The maximum atomic E-state index is 6.18. The van der Waals surface area contributed by atoms with Gasteiger partial charge in [0.2, 0.25) is 0 Å². The Morgan fingerprint density at radius 3 is 2.37 bits per heavy atom. The molecule has 1 heterocycles. The zero-order valence-corrected chi connectivity index (χ0v) is 11.8. The third-order valence-electron chi connectivity index (χ3n) is 2.69. The van der Waals surface area contributed by atoms with E-state index in [1.54, 1.807) is 24.3 Å². The Morgan fingerprint density at radius 2 is 1.58 bits per heavy atom. The number of fused-ring (bicyclic) bond motifs is 1. The van der Waals surface area contributed by atoms with Crippen LogP contribution in [0.5, 0.6) is 0 Å². The number of hydrogen-bond donors (Lipinski definition) is 0. The molecule has 0 bridgehead atoms. The van der Waals surface area contributed by atoms with Gasteiger partial charge in [-0.25, -0.2) is 9.97 Å². The maximum absolute atomic E-state index is 6.18. The lowest BCUT2D eigenvalue weighted by atomic mass is 10.2. The molecule has 0 aliphatic carbocycles. The van der Waals surface area contributed by atoms with Gasteiger partial charge < -0.3 is 0 Å². The van der Waals surface area contributed by atoms with Crippen molar-refractivity contribution in [3.05, 3.63) is 57.7 Å². The smallest absolute Gasteiger partial charge is 0.161 e. The molecule has 0 unspecified atom stereocenters. The van der Waals surface area contributed by atoms with E-state index in [0.29, 0.717) is 21.0 Å². The zero-order chi connectivity index (χ0) is 13.4. The van der Waals surface area contributed by atoms with E-state index in [-0.39, 0.29) is 0 Å². The van der Waals surface area contributed by atoms with Crippen molar-refractivity contribution in [1.29, 1.82) is 0 Å². The summed E-state index contributed by atoms with van der Waals surface area (Å²) < 4.78 is 0. The monoisotopic (exact) mass is 308 g/mol. The van der Waals surface area contributed by atoms with Crippen LogP contribution in [0.25, 0.3) is 22.3 Å². The fourth-order valence-corrected chi connectivity index (χ4v) is 2.41. The summed E-state index contributed by atoms with van der Waals surface area (Å²) >= 11 is 18.1. The summed E-state index contributed by atoms with van der Waals surface area (Å²) in [6.07, 6.45) is 0. The second-order valence-corrected chi connectivity index (χ2v) is 5.24. The quantitative estimate of drug-likeness (QED) is 0.573. The Balaban J connectivity index is 2.24. The molecule has 3 aromatic rings. The summed E-state index contributed by atoms with van der Waals surface area (Å²) in [4.78, 5) is 8.77. The Kier molecular flexibility index (Phi) is 3.31. The molecular formula is C14H7Cl3N2. The molecule has 2 aromatic carbocycles. The summed E-state index contributed by atoms with van der Waals surface area (Å²) in [5, 5.41) is 2.35. The number of rotatable bonds is 1. The van der Waals surface area contributed by atoms with Crippen LogP contribution < -0.4 is 0 Å². The van der Waals surface area contributed by atoms with Crippen LogP contribution >= 0.6 is 34.8 Å². The average molecular weight is 310 g/mol. The molecule has 0 aliphatic heterocycles. The normalized spacial score (nSPS) is 10.9. The van der Waals surface area contributed by atoms with E-state index in [1.165, 1.54) is 0 Å². The lowest BCUT2D eigenvalue weighted by Crippen LogP contribution is -1.91. The van der Waals surface area contributed by atoms with Crippen LogP contribution in [0, 0.1) is 0 Å². The minimum atomic E-state index is 0.377. The fraction of sp³-hybridized carbons (Fsp3) is 0. The molecule has 0 atom stereocenters. The summed E-state index contributed by atoms with van der Waals surface area (Å²) in [7, 11) is 0. The van der Waals surface area contributed by atoms with E-state index in [1.807, 2.05) is 18.2 Å². The van der Waals surface area contributed by atoms with Crippen molar-refractivity contribution in [2.45, 2.75) is 0 Å². The van der Waals surface area contributed by atoms with Gasteiger partial charge in [0, 0.05) is 21.0 Å². The van der Waals surface area contributed by atoms with Gasteiger partial charge in [-0.3, -0.25) is 0 Å². The van der Waals surface area contributed by atoms with Crippen LogP contribution in [0.15, 0.2) is 42.5 Å². The van der Waals surface area contributed by atoms with Crippen molar-refractivity contribution in [2.24, 2.45) is 0 Å². The first-order valence-electron chi connectivity index (χ1n) is 5.52. The number of nitrogens with zero attached hydrogens (tertiary/aromatic N) is 2. The molecule has 0 N–H and O–H groups in total. The van der Waals surface area contributed by atoms with Gasteiger partial charge >= 0.3 is 0 Å². The summed E-state index contributed by atoms with van der Waals surface area (Å²) in [6, 6.07) is 12.7. The lowest BCUT2D eigenvalue weighted by molar-refractivity contribution is 1.23. The van der Waals surface area contributed by atoms with E-state index in [9.17, 15) is 0 Å². The van der Waals surface area contributed by atoms with Gasteiger partial charge in [0.05, 0.1) is 5.52 Å². The molecule has 0 fully saturated rings. The third kappa shape index (κ3) is 2.52. The van der Waals surface area contributed by atoms with Crippen LogP contribution in [0.1, 0.15) is 0 Å². The number of aromatic nitrogens is 2. The summed E-state index contributed by atoms with van der Waals surface area (Å²) in [5.74, 6) is 0.544. The zero-order valence-electron chi connectivity index (χ0n) is 9.57. The van der Waals surface area contributed by atoms with Gasteiger partial charge in [-0.15, -0.1) is 0 Å². The van der Waals surface area contributed by atoms with E-state index in [2.05, 4.69) is 9.97 Å². The first kappa shape index (κ1) is 12.7. The largest absolute Gasteiger partial charge is 0.228 e. The second-order valence-electron chi connectivity index (χ2n) is 4.01. The molecule has 0 aliphatic rings. The van der Waals surface area contributed by atoms with E-state index in [0.717, 1.165) is 16.5 Å². The number of halogens is 3. The highest BCUT2D eigenvalue weighted by Gasteiger charge is 2.08. The minimum Gasteiger partial charge on any atom is -0.228 e. The van der Waals surface area contributed by atoms with Gasteiger partial charge in [0.15, 0.2) is 5.82 Å². The minimum absolute atomic E-state index is 0.377. The van der Waals surface area contributed by atoms with Crippen molar-refractivity contribution >= 4 is 45.7 Å². The summed E-state index contributed by atoms with van der Waals surface area (Å²) in [6.45, 7) is 0. The standard InChI is InChI=1S/C14H7Cl3N2/c15-9-3-1-2-8(6-9)14-18-12-5-4-10(16)7-11(12)13(17)19-14/h1-7H. The van der Waals surface area contributed by atoms with Crippen LogP contribution in [-0.4, -0.2) is 9.97 Å². The van der Waals surface area contributed by atoms with Crippen LogP contribution in [0.3, 0.4) is 0 Å². The molecule has 94 valence electrons. The first-order chi connectivity index (χ1) is 9.13. The van der Waals surface area contributed by atoms with E-state index < -0.39 is 0 Å². The molecule has 0 amide bonds. The van der Waals surface area contributed by atoms with Gasteiger partial charge in [0.25, 0.3) is 0 Å². The predicted molar refractivity (Wildman–Crippen MR) is 80.0 cm³/mol. The molecule has 1 aromatic heterocycles. The molecule has 2 nitrogen and oxygen atoms in total. The Bertz CT molecular complexity index is 772.